The summed E-state index contributed by atoms with van der Waals surface area (Å²) in [6.07, 6.45) is 0. The van der Waals surface area contributed by atoms with Gasteiger partial charge in [0.25, 0.3) is 0 Å². The van der Waals surface area contributed by atoms with E-state index >= 15 is 0 Å². The van der Waals surface area contributed by atoms with Crippen LogP contribution in [-0.2, 0) is 30.6 Å². The number of carbonyl (C=O) groups excluding carboxylic acids is 1. The normalized spacial score (nSPS) is 25.6. The molecule has 0 aromatic rings. The van der Waals surface area contributed by atoms with Crippen LogP contribution in [0.2, 0.25) is 0 Å². The van der Waals surface area contributed by atoms with E-state index in [1.165, 1.54) is 0 Å². The summed E-state index contributed by atoms with van der Waals surface area (Å²) in [5.74, 6) is -0.805. The van der Waals surface area contributed by atoms with Crippen LogP contribution < -0.4 is 0 Å². The fourth-order valence-corrected chi connectivity index (χ4v) is 0.968. The summed E-state index contributed by atoms with van der Waals surface area (Å²) in [6, 6.07) is 0. The van der Waals surface area contributed by atoms with Gasteiger partial charge in [-0.1, -0.05) is 46.4 Å². The van der Waals surface area contributed by atoms with Gasteiger partial charge >= 0.3 is 5.97 Å². The topological polar surface area (TPSA) is 26.3 Å². The number of cyclic esters (lactones) is 1. The maximum atomic E-state index is 10.7. The summed E-state index contributed by atoms with van der Waals surface area (Å²) in [7, 11) is 0. The van der Waals surface area contributed by atoms with Crippen LogP contribution >= 0.6 is 46.4 Å². The first kappa shape index (κ1) is 12.3. The summed E-state index contributed by atoms with van der Waals surface area (Å²) in [6.45, 7) is -0.179. The number of halogens is 4. The zero-order valence-electron chi connectivity index (χ0n) is 4.94. The van der Waals surface area contributed by atoms with Crippen LogP contribution in [0, 0.1) is 0 Å². The smallest absolute Gasteiger partial charge is 0.346 e. The largest absolute Gasteiger partial charge is 0.460 e. The van der Waals surface area contributed by atoms with E-state index in [0.29, 0.717) is 0 Å². The van der Waals surface area contributed by atoms with Crippen molar-refractivity contribution in [3.8, 4) is 0 Å². The average molecular weight is 408 g/mol. The Morgan fingerprint density at radius 2 is 1.73 bits per heavy atom. The second-order valence-corrected chi connectivity index (χ2v) is 4.67. The van der Waals surface area contributed by atoms with Crippen molar-refractivity contribution < 1.29 is 30.6 Å². The molecule has 0 spiro atoms. The van der Waals surface area contributed by atoms with Crippen LogP contribution in [0.4, 0.5) is 0 Å². The zero-order chi connectivity index (χ0) is 7.99. The van der Waals surface area contributed by atoms with Gasteiger partial charge < -0.3 is 4.74 Å². The molecule has 1 heterocycles. The van der Waals surface area contributed by atoms with Crippen molar-refractivity contribution in [2.75, 3.05) is 6.61 Å². The average Bonchev–Trinajstić information content (AvgIpc) is 1.94. The van der Waals surface area contributed by atoms with Gasteiger partial charge in [-0.2, -0.15) is 0 Å². The van der Waals surface area contributed by atoms with E-state index < -0.39 is 14.6 Å². The van der Waals surface area contributed by atoms with Gasteiger partial charge in [0.1, 0.15) is 6.61 Å². The Balaban J connectivity index is 0.000001000. The van der Waals surface area contributed by atoms with Crippen molar-refractivity contribution in [1.29, 1.82) is 0 Å². The maximum Gasteiger partial charge on any atom is 0.346 e. The molecule has 1 rings (SSSR count). The van der Waals surface area contributed by atoms with Crippen molar-refractivity contribution in [3.63, 3.8) is 0 Å². The minimum absolute atomic E-state index is 0. The molecular formula is C4H2Cl4O2W. The second kappa shape index (κ2) is 3.59. The molecule has 7 heteroatoms. The molecule has 1 saturated heterocycles. The molecule has 0 atom stereocenters. The van der Waals surface area contributed by atoms with Crippen molar-refractivity contribution in [3.05, 3.63) is 0 Å². The monoisotopic (exact) mass is 406 g/mol. The minimum Gasteiger partial charge on any atom is -0.460 e. The van der Waals surface area contributed by atoms with Crippen LogP contribution in [0.1, 0.15) is 0 Å². The molecule has 0 aromatic carbocycles. The van der Waals surface area contributed by atoms with Gasteiger partial charge in [-0.15, -0.1) is 0 Å². The van der Waals surface area contributed by atoms with Crippen molar-refractivity contribution in [1.82, 2.24) is 0 Å². The third-order valence-electron chi connectivity index (χ3n) is 1.10. The Morgan fingerprint density at radius 1 is 1.27 bits per heavy atom. The molecule has 0 bridgehead atoms. The maximum absolute atomic E-state index is 10.7. The summed E-state index contributed by atoms with van der Waals surface area (Å²) >= 11 is 21.9. The molecule has 1 aliphatic heterocycles. The summed E-state index contributed by atoms with van der Waals surface area (Å²) < 4.78 is 1.04. The van der Waals surface area contributed by atoms with E-state index in [4.69, 9.17) is 46.4 Å². The van der Waals surface area contributed by atoms with E-state index in [1.54, 1.807) is 0 Å². The third kappa shape index (κ3) is 1.97. The van der Waals surface area contributed by atoms with Gasteiger partial charge in [0.2, 0.25) is 4.33 Å². The molecule has 2 nitrogen and oxygen atoms in total. The Morgan fingerprint density at radius 3 is 1.82 bits per heavy atom. The molecule has 0 amide bonds. The van der Waals surface area contributed by atoms with Crippen LogP contribution in [0.25, 0.3) is 0 Å². The number of ether oxygens (including phenoxy) is 1. The predicted molar refractivity (Wildman–Crippen MR) is 39.8 cm³/mol. The van der Waals surface area contributed by atoms with E-state index in [0.717, 1.165) is 0 Å². The van der Waals surface area contributed by atoms with Crippen LogP contribution in [0.15, 0.2) is 0 Å². The predicted octanol–water partition coefficient (Wildman–Crippen LogP) is 1.89. The number of hydrogen-bond acceptors (Lipinski definition) is 2. The Labute approximate surface area is 97.7 Å². The van der Waals surface area contributed by atoms with Crippen molar-refractivity contribution >= 4 is 52.4 Å². The third-order valence-corrected chi connectivity index (χ3v) is 3.23. The van der Waals surface area contributed by atoms with Crippen LogP contribution in [-0.4, -0.2) is 21.2 Å². The summed E-state index contributed by atoms with van der Waals surface area (Å²) in [5.41, 5.74) is 0. The standard InChI is InChI=1S/C4H2Cl4O2.W/c5-3(6)1-10-2(9)4(3,7)8;/h1H2;. The van der Waals surface area contributed by atoms with Gasteiger partial charge in [0.05, 0.1) is 0 Å². The fraction of sp³-hybridized carbons (Fsp3) is 0.750. The fourth-order valence-electron chi connectivity index (χ4n) is 0.487. The van der Waals surface area contributed by atoms with E-state index in [2.05, 4.69) is 4.74 Å². The number of alkyl halides is 4. The molecular weight excluding hydrogens is 406 g/mol. The van der Waals surface area contributed by atoms with Crippen molar-refractivity contribution in [2.24, 2.45) is 0 Å². The van der Waals surface area contributed by atoms with E-state index in [-0.39, 0.29) is 27.7 Å². The number of carbonyl (C=O) groups is 1. The van der Waals surface area contributed by atoms with Crippen LogP contribution in [0.5, 0.6) is 0 Å². The molecule has 64 valence electrons. The first-order chi connectivity index (χ1) is 4.38. The molecule has 0 N–H and O–H groups in total. The van der Waals surface area contributed by atoms with Gasteiger partial charge in [-0.05, 0) is 0 Å². The Hall–Kier alpha value is 1.32. The molecule has 1 aliphatic rings. The molecule has 1 fully saturated rings. The van der Waals surface area contributed by atoms with Gasteiger partial charge in [0.15, 0.2) is 4.33 Å². The Kier molecular flexibility index (Phi) is 4.02. The SMILES string of the molecule is O=C1OCC(Cl)(Cl)C1(Cl)Cl.[W]. The minimum atomic E-state index is -1.84. The zero-order valence-corrected chi connectivity index (χ0v) is 10.9. The summed E-state index contributed by atoms with van der Waals surface area (Å²) in [4.78, 5) is 10.7. The molecule has 0 aliphatic carbocycles. The first-order valence-corrected chi connectivity index (χ1v) is 3.82. The molecule has 11 heavy (non-hydrogen) atoms. The number of hydrogen-bond donors (Lipinski definition) is 0. The molecule has 0 aromatic heterocycles. The van der Waals surface area contributed by atoms with E-state index in [1.807, 2.05) is 0 Å². The second-order valence-electron chi connectivity index (χ2n) is 1.85. The van der Waals surface area contributed by atoms with Gasteiger partial charge in [0, 0.05) is 21.1 Å². The number of esters is 1. The van der Waals surface area contributed by atoms with Crippen molar-refractivity contribution in [2.45, 2.75) is 8.67 Å². The molecule has 0 saturated carbocycles. The first-order valence-electron chi connectivity index (χ1n) is 2.31. The van der Waals surface area contributed by atoms with Gasteiger partial charge in [-0.3, -0.25) is 0 Å². The number of rotatable bonds is 0. The van der Waals surface area contributed by atoms with E-state index in [9.17, 15) is 4.79 Å². The molecule has 0 radical (unpaired) electrons. The van der Waals surface area contributed by atoms with Gasteiger partial charge in [-0.25, -0.2) is 4.79 Å². The molecule has 0 unspecified atom stereocenters. The summed E-state index contributed by atoms with van der Waals surface area (Å²) in [5, 5.41) is 0. The Bertz CT molecular complexity index is 181. The van der Waals surface area contributed by atoms with Crippen LogP contribution in [0.3, 0.4) is 0 Å². The quantitative estimate of drug-likeness (QED) is 0.453.